The smallest absolute Gasteiger partial charge is 0.238 e. The van der Waals surface area contributed by atoms with Crippen molar-refractivity contribution < 1.29 is 8.42 Å². The molecule has 1 aliphatic carbocycles. The molecule has 2 unspecified atom stereocenters. The number of sulfonamides is 1. The van der Waals surface area contributed by atoms with E-state index in [-0.39, 0.29) is 15.7 Å². The van der Waals surface area contributed by atoms with Crippen LogP contribution < -0.4 is 10.9 Å². The highest BCUT2D eigenvalue weighted by Crippen LogP contribution is 2.51. The molecule has 88 valence electrons. The van der Waals surface area contributed by atoms with Crippen molar-refractivity contribution in [1.82, 2.24) is 0 Å². The average Bonchev–Trinajstić information content (AvgIpc) is 2.90. The van der Waals surface area contributed by atoms with Gasteiger partial charge in [0.1, 0.15) is 0 Å². The summed E-state index contributed by atoms with van der Waals surface area (Å²) in [5.41, 5.74) is 6.26. The fourth-order valence-corrected chi connectivity index (χ4v) is 2.92. The van der Waals surface area contributed by atoms with Crippen molar-refractivity contribution in [2.75, 3.05) is 6.54 Å². The van der Waals surface area contributed by atoms with Crippen LogP contribution in [0.3, 0.4) is 0 Å². The number of rotatable bonds is 3. The second-order valence-electron chi connectivity index (χ2n) is 4.10. The summed E-state index contributed by atoms with van der Waals surface area (Å²) in [6.07, 6.45) is 0.777. The standard InChI is InChI=1S/C10H13ClN2O2S/c11-9-5-10(9,6-12)7-2-1-3-8(4-7)16(13,14)15/h1-4,9H,5-6,12H2,(H2,13,14,15). The molecular formula is C10H13ClN2O2S. The van der Waals surface area contributed by atoms with Gasteiger partial charge in [-0.2, -0.15) is 0 Å². The third kappa shape index (κ3) is 1.84. The number of halogens is 1. The Hall–Kier alpha value is -0.620. The number of benzene rings is 1. The summed E-state index contributed by atoms with van der Waals surface area (Å²) in [5, 5.41) is 5.05. The Balaban J connectivity index is 2.45. The maximum Gasteiger partial charge on any atom is 0.238 e. The number of hydrogen-bond donors (Lipinski definition) is 2. The minimum absolute atomic E-state index is 0.0202. The number of primary sulfonamides is 1. The van der Waals surface area contributed by atoms with Gasteiger partial charge in [0.2, 0.25) is 10.0 Å². The van der Waals surface area contributed by atoms with E-state index in [1.54, 1.807) is 12.1 Å². The molecule has 0 spiro atoms. The summed E-state index contributed by atoms with van der Waals surface area (Å²) < 4.78 is 22.4. The fraction of sp³-hybridized carbons (Fsp3) is 0.400. The first kappa shape index (κ1) is 11.9. The van der Waals surface area contributed by atoms with E-state index in [0.717, 1.165) is 12.0 Å². The average molecular weight is 261 g/mol. The minimum Gasteiger partial charge on any atom is -0.330 e. The van der Waals surface area contributed by atoms with Crippen LogP contribution >= 0.6 is 11.6 Å². The lowest BCUT2D eigenvalue weighted by Crippen LogP contribution is -2.23. The minimum atomic E-state index is -3.67. The highest BCUT2D eigenvalue weighted by atomic mass is 35.5. The van der Waals surface area contributed by atoms with E-state index in [4.69, 9.17) is 22.5 Å². The van der Waals surface area contributed by atoms with Crippen LogP contribution in [0.2, 0.25) is 0 Å². The molecule has 6 heteroatoms. The van der Waals surface area contributed by atoms with Gasteiger partial charge in [0, 0.05) is 17.3 Å². The van der Waals surface area contributed by atoms with Crippen LogP contribution in [-0.2, 0) is 15.4 Å². The Bertz CT molecular complexity index is 513. The van der Waals surface area contributed by atoms with Gasteiger partial charge >= 0.3 is 0 Å². The van der Waals surface area contributed by atoms with Gasteiger partial charge in [-0.3, -0.25) is 0 Å². The second kappa shape index (κ2) is 3.70. The molecule has 0 bridgehead atoms. The second-order valence-corrected chi connectivity index (χ2v) is 6.19. The SMILES string of the molecule is NCC1(c2cccc(S(N)(=O)=O)c2)CC1Cl. The molecule has 2 rings (SSSR count). The van der Waals surface area contributed by atoms with Gasteiger partial charge in [-0.1, -0.05) is 12.1 Å². The van der Waals surface area contributed by atoms with Crippen molar-refractivity contribution in [3.63, 3.8) is 0 Å². The maximum absolute atomic E-state index is 11.2. The van der Waals surface area contributed by atoms with Crippen molar-refractivity contribution in [1.29, 1.82) is 0 Å². The van der Waals surface area contributed by atoms with Crippen LogP contribution in [0.1, 0.15) is 12.0 Å². The molecule has 1 saturated carbocycles. The topological polar surface area (TPSA) is 86.2 Å². The van der Waals surface area contributed by atoms with E-state index in [1.807, 2.05) is 6.07 Å². The number of alkyl halides is 1. The quantitative estimate of drug-likeness (QED) is 0.778. The Morgan fingerprint density at radius 1 is 1.50 bits per heavy atom. The molecule has 1 fully saturated rings. The summed E-state index contributed by atoms with van der Waals surface area (Å²) >= 11 is 6.05. The molecule has 0 heterocycles. The van der Waals surface area contributed by atoms with Crippen LogP contribution in [0.5, 0.6) is 0 Å². The van der Waals surface area contributed by atoms with E-state index >= 15 is 0 Å². The van der Waals surface area contributed by atoms with E-state index in [1.165, 1.54) is 6.07 Å². The summed E-state index contributed by atoms with van der Waals surface area (Å²) in [6.45, 7) is 0.412. The van der Waals surface area contributed by atoms with Crippen molar-refractivity contribution in [2.24, 2.45) is 10.9 Å². The lowest BCUT2D eigenvalue weighted by Gasteiger charge is -2.14. The van der Waals surface area contributed by atoms with Gasteiger partial charge in [0.15, 0.2) is 0 Å². The summed E-state index contributed by atoms with van der Waals surface area (Å²) in [7, 11) is -3.67. The molecule has 0 radical (unpaired) electrons. The van der Waals surface area contributed by atoms with Gasteiger partial charge in [0.05, 0.1) is 4.90 Å². The Morgan fingerprint density at radius 2 is 2.12 bits per heavy atom. The Kier molecular flexibility index (Phi) is 2.74. The molecule has 0 aliphatic heterocycles. The third-order valence-corrected chi connectivity index (χ3v) is 4.57. The zero-order valence-corrected chi connectivity index (χ0v) is 10.1. The zero-order chi connectivity index (χ0) is 12.0. The molecule has 0 amide bonds. The molecular weight excluding hydrogens is 248 g/mol. The lowest BCUT2D eigenvalue weighted by atomic mass is 9.96. The molecule has 4 N–H and O–H groups in total. The lowest BCUT2D eigenvalue weighted by molar-refractivity contribution is 0.597. The van der Waals surface area contributed by atoms with Gasteiger partial charge in [-0.05, 0) is 24.1 Å². The van der Waals surface area contributed by atoms with Gasteiger partial charge in [-0.25, -0.2) is 13.6 Å². The molecule has 0 saturated heterocycles. The molecule has 1 aromatic rings. The van der Waals surface area contributed by atoms with Crippen LogP contribution in [0.25, 0.3) is 0 Å². The largest absolute Gasteiger partial charge is 0.330 e. The first-order chi connectivity index (χ1) is 7.40. The Morgan fingerprint density at radius 3 is 2.56 bits per heavy atom. The first-order valence-corrected chi connectivity index (χ1v) is 6.86. The zero-order valence-electron chi connectivity index (χ0n) is 8.56. The van der Waals surface area contributed by atoms with E-state index in [0.29, 0.717) is 6.54 Å². The summed E-state index contributed by atoms with van der Waals surface area (Å²) in [5.74, 6) is 0. The number of hydrogen-bond acceptors (Lipinski definition) is 3. The van der Waals surface area contributed by atoms with Gasteiger partial charge in [0.25, 0.3) is 0 Å². The van der Waals surface area contributed by atoms with Gasteiger partial charge < -0.3 is 5.73 Å². The van der Waals surface area contributed by atoms with E-state index in [9.17, 15) is 8.42 Å². The fourth-order valence-electron chi connectivity index (χ4n) is 1.87. The molecule has 2 atom stereocenters. The van der Waals surface area contributed by atoms with E-state index in [2.05, 4.69) is 0 Å². The molecule has 0 aromatic heterocycles. The summed E-state index contributed by atoms with van der Waals surface area (Å²) in [6, 6.07) is 6.53. The summed E-state index contributed by atoms with van der Waals surface area (Å²) in [4.78, 5) is 0.105. The first-order valence-electron chi connectivity index (χ1n) is 4.88. The third-order valence-electron chi connectivity index (χ3n) is 3.08. The van der Waals surface area contributed by atoms with Crippen LogP contribution in [0.4, 0.5) is 0 Å². The Labute approximate surface area is 99.6 Å². The molecule has 4 nitrogen and oxygen atoms in total. The highest BCUT2D eigenvalue weighted by Gasteiger charge is 2.53. The van der Waals surface area contributed by atoms with Crippen molar-refractivity contribution in [3.8, 4) is 0 Å². The van der Waals surface area contributed by atoms with E-state index < -0.39 is 10.0 Å². The molecule has 16 heavy (non-hydrogen) atoms. The normalized spacial score (nSPS) is 29.1. The van der Waals surface area contributed by atoms with Crippen molar-refractivity contribution >= 4 is 21.6 Å². The molecule has 1 aliphatic rings. The predicted molar refractivity (Wildman–Crippen MR) is 62.8 cm³/mol. The maximum atomic E-state index is 11.2. The number of nitrogens with two attached hydrogens (primary N) is 2. The van der Waals surface area contributed by atoms with Crippen molar-refractivity contribution in [2.45, 2.75) is 22.1 Å². The predicted octanol–water partition coefficient (Wildman–Crippen LogP) is 0.542. The highest BCUT2D eigenvalue weighted by molar-refractivity contribution is 7.89. The van der Waals surface area contributed by atoms with Crippen LogP contribution in [-0.4, -0.2) is 20.3 Å². The monoisotopic (exact) mass is 260 g/mol. The van der Waals surface area contributed by atoms with Crippen LogP contribution in [0, 0.1) is 0 Å². The van der Waals surface area contributed by atoms with Crippen molar-refractivity contribution in [3.05, 3.63) is 29.8 Å². The van der Waals surface area contributed by atoms with Crippen LogP contribution in [0.15, 0.2) is 29.2 Å². The molecule has 1 aromatic carbocycles. The van der Waals surface area contributed by atoms with Gasteiger partial charge in [-0.15, -0.1) is 11.6 Å².